The first kappa shape index (κ1) is 33.6. The molecule has 0 aromatic carbocycles. The summed E-state index contributed by atoms with van der Waals surface area (Å²) in [5.41, 5.74) is -0.781. The molecular formula is C33H62N2O6. The van der Waals surface area contributed by atoms with E-state index in [9.17, 15) is 0 Å². The Morgan fingerprint density at radius 1 is 0.512 bits per heavy atom. The summed E-state index contributed by atoms with van der Waals surface area (Å²) in [5, 5.41) is 0. The molecule has 0 aromatic rings. The minimum Gasteiger partial charge on any atom is -0.378 e. The maximum Gasteiger partial charge on any atom is 0.172 e. The van der Waals surface area contributed by atoms with E-state index in [0.29, 0.717) is 26.4 Å². The molecule has 4 saturated heterocycles. The van der Waals surface area contributed by atoms with Gasteiger partial charge in [-0.1, -0.05) is 0 Å². The quantitative estimate of drug-likeness (QED) is 0.302. The van der Waals surface area contributed by atoms with Gasteiger partial charge in [-0.3, -0.25) is 9.80 Å². The van der Waals surface area contributed by atoms with E-state index in [4.69, 9.17) is 28.4 Å². The van der Waals surface area contributed by atoms with Crippen molar-refractivity contribution in [2.24, 2.45) is 0 Å². The van der Waals surface area contributed by atoms with Crippen LogP contribution in [0.2, 0.25) is 0 Å². The third-order valence-corrected chi connectivity index (χ3v) is 10.5. The monoisotopic (exact) mass is 582 g/mol. The summed E-state index contributed by atoms with van der Waals surface area (Å²) < 4.78 is 38.3. The van der Waals surface area contributed by atoms with Crippen molar-refractivity contribution >= 4 is 0 Å². The molecule has 4 heterocycles. The Kier molecular flexibility index (Phi) is 9.20. The molecule has 0 N–H and O–H groups in total. The van der Waals surface area contributed by atoms with Crippen LogP contribution in [0.4, 0.5) is 0 Å². The van der Waals surface area contributed by atoms with Crippen LogP contribution in [0.5, 0.6) is 0 Å². The highest BCUT2D eigenvalue weighted by Gasteiger charge is 2.59. The van der Waals surface area contributed by atoms with Crippen molar-refractivity contribution in [3.63, 3.8) is 0 Å². The normalized spacial score (nSPS) is 35.4. The zero-order valence-electron chi connectivity index (χ0n) is 28.5. The number of rotatable bonds is 10. The molecule has 2 atom stereocenters. The molecule has 0 radical (unpaired) electrons. The van der Waals surface area contributed by atoms with Gasteiger partial charge in [0.1, 0.15) is 11.2 Å². The van der Waals surface area contributed by atoms with Gasteiger partial charge in [-0.15, -0.1) is 0 Å². The Bertz CT molecular complexity index is 811. The molecule has 240 valence electrons. The lowest BCUT2D eigenvalue weighted by molar-refractivity contribution is -0.256. The van der Waals surface area contributed by atoms with Crippen LogP contribution in [0.15, 0.2) is 0 Å². The van der Waals surface area contributed by atoms with E-state index in [0.717, 1.165) is 58.2 Å². The zero-order chi connectivity index (χ0) is 30.6. The van der Waals surface area contributed by atoms with Crippen molar-refractivity contribution in [3.05, 3.63) is 0 Å². The van der Waals surface area contributed by atoms with Crippen LogP contribution in [-0.2, 0) is 28.4 Å². The van der Waals surface area contributed by atoms with Gasteiger partial charge in [0.05, 0.1) is 26.4 Å². The lowest BCUT2D eigenvalue weighted by Gasteiger charge is -2.56. The summed E-state index contributed by atoms with van der Waals surface area (Å²) in [6.45, 7) is 26.2. The molecule has 2 unspecified atom stereocenters. The number of hydrogen-bond acceptors (Lipinski definition) is 8. The van der Waals surface area contributed by atoms with Gasteiger partial charge in [0, 0.05) is 61.1 Å². The van der Waals surface area contributed by atoms with Crippen molar-refractivity contribution in [2.45, 2.75) is 159 Å². The molecule has 8 nitrogen and oxygen atoms in total. The van der Waals surface area contributed by atoms with Crippen LogP contribution in [0.1, 0.15) is 114 Å². The van der Waals surface area contributed by atoms with Gasteiger partial charge in [-0.2, -0.15) is 0 Å². The lowest BCUT2D eigenvalue weighted by Crippen LogP contribution is -2.64. The average molecular weight is 583 g/mol. The fourth-order valence-electron chi connectivity index (χ4n) is 8.11. The minimum absolute atomic E-state index is 0.00636. The molecule has 4 fully saturated rings. The van der Waals surface area contributed by atoms with E-state index in [1.807, 2.05) is 0 Å². The number of likely N-dealkylation sites (tertiary alicyclic amines) is 2. The number of hydrogen-bond donors (Lipinski definition) is 0. The number of piperidine rings is 2. The van der Waals surface area contributed by atoms with Crippen LogP contribution in [0.3, 0.4) is 0 Å². The summed E-state index contributed by atoms with van der Waals surface area (Å²) in [6.07, 6.45) is 6.53. The average Bonchev–Trinajstić information content (AvgIpc) is 3.30. The Hall–Kier alpha value is -0.320. The van der Waals surface area contributed by atoms with Crippen LogP contribution < -0.4 is 0 Å². The van der Waals surface area contributed by atoms with E-state index in [2.05, 4.69) is 93.1 Å². The number of ether oxygens (including phenoxy) is 6. The van der Waals surface area contributed by atoms with Crippen LogP contribution in [-0.4, -0.2) is 108 Å². The van der Waals surface area contributed by atoms with E-state index < -0.39 is 22.8 Å². The third kappa shape index (κ3) is 7.33. The highest BCUT2D eigenvalue weighted by Crippen LogP contribution is 2.50. The standard InChI is InChI=1S/C33H62N2O6/c1-26(2)18-32(19-27(3,4)34(26)11)38-24-30(9,40-32)22-36-16-14-13-15-17-37-23-31(10)25-39-33(41-31)20-28(5,6)35(12)29(7,8)21-33/h13-25H2,1-12H3. The van der Waals surface area contributed by atoms with Gasteiger partial charge in [0.15, 0.2) is 11.6 Å². The molecule has 0 amide bonds. The predicted octanol–water partition coefficient (Wildman–Crippen LogP) is 5.76. The maximum absolute atomic E-state index is 6.67. The van der Waals surface area contributed by atoms with E-state index in [1.54, 1.807) is 0 Å². The number of nitrogens with zero attached hydrogens (tertiary/aromatic N) is 2. The first-order valence-electron chi connectivity index (χ1n) is 16.0. The van der Waals surface area contributed by atoms with Gasteiger partial charge in [-0.25, -0.2) is 0 Å². The van der Waals surface area contributed by atoms with Gasteiger partial charge in [0.2, 0.25) is 0 Å². The van der Waals surface area contributed by atoms with Crippen LogP contribution in [0.25, 0.3) is 0 Å². The second kappa shape index (κ2) is 11.2. The van der Waals surface area contributed by atoms with Gasteiger partial charge in [0.25, 0.3) is 0 Å². The molecule has 4 rings (SSSR count). The highest BCUT2D eigenvalue weighted by atomic mass is 16.8. The van der Waals surface area contributed by atoms with Crippen LogP contribution in [0, 0.1) is 0 Å². The molecule has 0 bridgehead atoms. The Morgan fingerprint density at radius 2 is 0.829 bits per heavy atom. The molecule has 8 heteroatoms. The maximum atomic E-state index is 6.67. The lowest BCUT2D eigenvalue weighted by atomic mass is 9.76. The minimum atomic E-state index is -0.529. The summed E-state index contributed by atoms with van der Waals surface area (Å²) in [5.74, 6) is -1.06. The molecule has 41 heavy (non-hydrogen) atoms. The van der Waals surface area contributed by atoms with E-state index >= 15 is 0 Å². The molecule has 4 aliphatic heterocycles. The van der Waals surface area contributed by atoms with Crippen molar-refractivity contribution in [3.8, 4) is 0 Å². The molecule has 0 saturated carbocycles. The zero-order valence-corrected chi connectivity index (χ0v) is 28.5. The third-order valence-electron chi connectivity index (χ3n) is 10.5. The summed E-state index contributed by atoms with van der Waals surface area (Å²) in [7, 11) is 4.41. The smallest absolute Gasteiger partial charge is 0.172 e. The first-order valence-corrected chi connectivity index (χ1v) is 16.0. The second-order valence-electron chi connectivity index (χ2n) is 16.7. The van der Waals surface area contributed by atoms with Crippen molar-refractivity contribution in [1.82, 2.24) is 9.80 Å². The summed E-state index contributed by atoms with van der Waals surface area (Å²) in [4.78, 5) is 4.91. The van der Waals surface area contributed by atoms with Crippen molar-refractivity contribution in [1.29, 1.82) is 0 Å². The fourth-order valence-corrected chi connectivity index (χ4v) is 8.11. The molecule has 4 aliphatic rings. The topological polar surface area (TPSA) is 61.9 Å². The van der Waals surface area contributed by atoms with Crippen LogP contribution >= 0.6 is 0 Å². The van der Waals surface area contributed by atoms with Crippen molar-refractivity contribution < 1.29 is 28.4 Å². The molecule has 0 aliphatic carbocycles. The van der Waals surface area contributed by atoms with Gasteiger partial charge < -0.3 is 28.4 Å². The SMILES string of the molecule is CN1C(C)(C)CC2(CC1(C)C)OCC(C)(COCCCCCOCC1(C)COC3(CC(C)(C)N(C)C(C)(C)C3)O1)O2. The van der Waals surface area contributed by atoms with Crippen molar-refractivity contribution in [2.75, 3.05) is 53.7 Å². The Labute approximate surface area is 251 Å². The largest absolute Gasteiger partial charge is 0.378 e. The highest BCUT2D eigenvalue weighted by molar-refractivity contribution is 5.07. The molecular weight excluding hydrogens is 520 g/mol. The summed E-state index contributed by atoms with van der Waals surface area (Å²) >= 11 is 0. The first-order chi connectivity index (χ1) is 18.7. The Morgan fingerprint density at radius 3 is 1.15 bits per heavy atom. The van der Waals surface area contributed by atoms with Gasteiger partial charge in [-0.05, 0) is 103 Å². The number of unbranched alkanes of at least 4 members (excludes halogenated alkanes) is 2. The molecule has 2 spiro atoms. The van der Waals surface area contributed by atoms with Gasteiger partial charge >= 0.3 is 0 Å². The fraction of sp³-hybridized carbons (Fsp3) is 1.00. The summed E-state index contributed by atoms with van der Waals surface area (Å²) in [6, 6.07) is 0. The van der Waals surface area contributed by atoms with E-state index in [-0.39, 0.29) is 22.2 Å². The predicted molar refractivity (Wildman–Crippen MR) is 162 cm³/mol. The van der Waals surface area contributed by atoms with E-state index in [1.165, 1.54) is 0 Å². The Balaban J connectivity index is 1.11. The second-order valence-corrected chi connectivity index (χ2v) is 16.7. The molecule has 0 aromatic heterocycles.